The monoisotopic (exact) mass is 262 g/mol. The van der Waals surface area contributed by atoms with Crippen LogP contribution in [0.25, 0.3) is 0 Å². The van der Waals surface area contributed by atoms with Crippen LogP contribution in [0.2, 0.25) is 0 Å². The van der Waals surface area contributed by atoms with Gasteiger partial charge in [0.25, 0.3) is 0 Å². The largest absolute Gasteiger partial charge is 0.478 e. The van der Waals surface area contributed by atoms with Crippen LogP contribution in [0.1, 0.15) is 34.1 Å². The number of allylic oxidation sites excluding steroid dienone is 2. The molecule has 0 spiro atoms. The van der Waals surface area contributed by atoms with Crippen molar-refractivity contribution in [1.29, 1.82) is 0 Å². The topological polar surface area (TPSA) is 74.6 Å². The molecule has 19 heavy (non-hydrogen) atoms. The van der Waals surface area contributed by atoms with Crippen molar-refractivity contribution in [3.63, 3.8) is 0 Å². The normalized spacial score (nSPS) is 26.3. The van der Waals surface area contributed by atoms with E-state index in [-0.39, 0.29) is 12.2 Å². The lowest BCUT2D eigenvalue weighted by Crippen LogP contribution is -2.48. The Kier molecular flexibility index (Phi) is 4.02. The van der Waals surface area contributed by atoms with Gasteiger partial charge in [-0.3, -0.25) is 4.79 Å². The standard InChI is InChI=1S/C15H18O4/c1-10(7-13(17)18)5-6-15(19)11(2)8-12(16)9-14(15,3)4/h7-8,19H,9H2,1-4H3,(H,17,18)/b10-7-/t15-/m1/s1. The van der Waals surface area contributed by atoms with Crippen molar-refractivity contribution >= 4 is 11.8 Å². The van der Waals surface area contributed by atoms with Gasteiger partial charge in [0.05, 0.1) is 0 Å². The second-order valence-corrected chi connectivity index (χ2v) is 5.48. The summed E-state index contributed by atoms with van der Waals surface area (Å²) >= 11 is 0. The summed E-state index contributed by atoms with van der Waals surface area (Å²) in [5, 5.41) is 19.3. The average molecular weight is 262 g/mol. The Labute approximate surface area is 112 Å². The van der Waals surface area contributed by atoms with Crippen molar-refractivity contribution in [2.24, 2.45) is 5.41 Å². The molecule has 0 aromatic rings. The SMILES string of the molecule is CC1=CC(=O)CC(C)(C)[C@@]1(O)C#C/C(C)=C\C(=O)O. The van der Waals surface area contributed by atoms with Crippen LogP contribution in [-0.4, -0.2) is 27.6 Å². The smallest absolute Gasteiger partial charge is 0.329 e. The molecule has 0 unspecified atom stereocenters. The van der Waals surface area contributed by atoms with Crippen molar-refractivity contribution in [2.75, 3.05) is 0 Å². The quantitative estimate of drug-likeness (QED) is 0.557. The molecule has 0 aliphatic heterocycles. The second kappa shape index (κ2) is 5.02. The van der Waals surface area contributed by atoms with Gasteiger partial charge in [0.1, 0.15) is 0 Å². The van der Waals surface area contributed by atoms with Gasteiger partial charge in [0.15, 0.2) is 11.4 Å². The van der Waals surface area contributed by atoms with E-state index in [2.05, 4.69) is 11.8 Å². The summed E-state index contributed by atoms with van der Waals surface area (Å²) in [4.78, 5) is 22.0. The molecule has 0 fully saturated rings. The molecule has 2 N–H and O–H groups in total. The Hall–Kier alpha value is -1.86. The predicted octanol–water partition coefficient (Wildman–Crippen LogP) is 1.70. The van der Waals surface area contributed by atoms with Gasteiger partial charge < -0.3 is 10.2 Å². The molecule has 4 heteroatoms. The minimum atomic E-state index is -1.42. The van der Waals surface area contributed by atoms with E-state index in [0.717, 1.165) is 6.08 Å². The molecule has 1 rings (SSSR count). The maximum atomic E-state index is 11.5. The molecule has 0 aromatic carbocycles. The van der Waals surface area contributed by atoms with Gasteiger partial charge in [-0.05, 0) is 25.5 Å². The Balaban J connectivity index is 3.23. The molecule has 4 nitrogen and oxygen atoms in total. The van der Waals surface area contributed by atoms with E-state index >= 15 is 0 Å². The lowest BCUT2D eigenvalue weighted by molar-refractivity contribution is -0.131. The summed E-state index contributed by atoms with van der Waals surface area (Å²) in [6.07, 6.45) is 2.59. The number of carboxylic acid groups (broad SMARTS) is 1. The van der Waals surface area contributed by atoms with Crippen molar-refractivity contribution in [1.82, 2.24) is 0 Å². The maximum absolute atomic E-state index is 11.5. The molecule has 1 aliphatic rings. The van der Waals surface area contributed by atoms with Gasteiger partial charge in [-0.1, -0.05) is 25.7 Å². The lowest BCUT2D eigenvalue weighted by Gasteiger charge is -2.42. The molecule has 0 aromatic heterocycles. The zero-order valence-electron chi connectivity index (χ0n) is 11.6. The van der Waals surface area contributed by atoms with Crippen molar-refractivity contribution < 1.29 is 19.8 Å². The van der Waals surface area contributed by atoms with Crippen LogP contribution >= 0.6 is 0 Å². The summed E-state index contributed by atoms with van der Waals surface area (Å²) in [7, 11) is 0. The van der Waals surface area contributed by atoms with E-state index in [1.165, 1.54) is 6.08 Å². The van der Waals surface area contributed by atoms with E-state index in [0.29, 0.717) is 11.1 Å². The first-order valence-electron chi connectivity index (χ1n) is 5.97. The number of carbonyl (C=O) groups is 2. The lowest BCUT2D eigenvalue weighted by atomic mass is 9.65. The van der Waals surface area contributed by atoms with E-state index in [1.807, 2.05) is 0 Å². The number of hydrogen-bond acceptors (Lipinski definition) is 3. The highest BCUT2D eigenvalue weighted by Gasteiger charge is 2.47. The van der Waals surface area contributed by atoms with E-state index in [1.54, 1.807) is 27.7 Å². The third-order valence-electron chi connectivity index (χ3n) is 3.32. The molecular formula is C15H18O4. The maximum Gasteiger partial charge on any atom is 0.329 e. The van der Waals surface area contributed by atoms with Crippen LogP contribution in [0, 0.1) is 17.3 Å². The van der Waals surface area contributed by atoms with Crippen molar-refractivity contribution in [2.45, 2.75) is 39.7 Å². The minimum Gasteiger partial charge on any atom is -0.478 e. The van der Waals surface area contributed by atoms with Crippen LogP contribution in [-0.2, 0) is 9.59 Å². The fourth-order valence-electron chi connectivity index (χ4n) is 2.17. The highest BCUT2D eigenvalue weighted by molar-refractivity contribution is 5.93. The molecule has 1 aliphatic carbocycles. The Morgan fingerprint density at radius 1 is 1.47 bits per heavy atom. The van der Waals surface area contributed by atoms with Gasteiger partial charge in [0.2, 0.25) is 0 Å². The van der Waals surface area contributed by atoms with Crippen LogP contribution in [0.3, 0.4) is 0 Å². The van der Waals surface area contributed by atoms with Gasteiger partial charge in [-0.25, -0.2) is 4.79 Å². The van der Waals surface area contributed by atoms with Crippen LogP contribution in [0.4, 0.5) is 0 Å². The van der Waals surface area contributed by atoms with Crippen LogP contribution in [0.15, 0.2) is 23.3 Å². The number of aliphatic carboxylic acids is 1. The predicted molar refractivity (Wildman–Crippen MR) is 71.3 cm³/mol. The van der Waals surface area contributed by atoms with Crippen molar-refractivity contribution in [3.05, 3.63) is 23.3 Å². The van der Waals surface area contributed by atoms with Gasteiger partial charge in [-0.15, -0.1) is 0 Å². The summed E-state index contributed by atoms with van der Waals surface area (Å²) in [6.45, 7) is 6.76. The molecule has 102 valence electrons. The van der Waals surface area contributed by atoms with Crippen molar-refractivity contribution in [3.8, 4) is 11.8 Å². The molecule has 0 heterocycles. The summed E-state index contributed by atoms with van der Waals surface area (Å²) in [5.41, 5.74) is -1.29. The van der Waals surface area contributed by atoms with E-state index in [9.17, 15) is 14.7 Å². The number of hydrogen-bond donors (Lipinski definition) is 2. The Bertz CT molecular complexity index is 540. The number of carbonyl (C=O) groups excluding carboxylic acids is 1. The highest BCUT2D eigenvalue weighted by atomic mass is 16.4. The number of aliphatic hydroxyl groups is 1. The van der Waals surface area contributed by atoms with E-state index in [4.69, 9.17) is 5.11 Å². The number of ketones is 1. The minimum absolute atomic E-state index is 0.0354. The van der Waals surface area contributed by atoms with Crippen LogP contribution in [0.5, 0.6) is 0 Å². The third kappa shape index (κ3) is 3.12. The molecule has 0 saturated heterocycles. The molecule has 0 saturated carbocycles. The summed E-state index contributed by atoms with van der Waals surface area (Å²) < 4.78 is 0. The first-order chi connectivity index (χ1) is 8.58. The summed E-state index contributed by atoms with van der Waals surface area (Å²) in [6, 6.07) is 0. The second-order valence-electron chi connectivity index (χ2n) is 5.48. The number of carboxylic acids is 1. The molecule has 1 atom stereocenters. The molecule has 0 bridgehead atoms. The molecular weight excluding hydrogens is 244 g/mol. The van der Waals surface area contributed by atoms with Gasteiger partial charge >= 0.3 is 5.97 Å². The zero-order valence-corrected chi connectivity index (χ0v) is 11.6. The third-order valence-corrected chi connectivity index (χ3v) is 3.32. The highest BCUT2D eigenvalue weighted by Crippen LogP contribution is 2.42. The van der Waals surface area contributed by atoms with E-state index < -0.39 is 17.0 Å². The van der Waals surface area contributed by atoms with Gasteiger partial charge in [-0.2, -0.15) is 0 Å². The van der Waals surface area contributed by atoms with Gasteiger partial charge in [0, 0.05) is 23.5 Å². The average Bonchev–Trinajstić information content (AvgIpc) is 2.21. The van der Waals surface area contributed by atoms with Crippen LogP contribution < -0.4 is 0 Å². The fraction of sp³-hybridized carbons (Fsp3) is 0.467. The first-order valence-corrected chi connectivity index (χ1v) is 5.97. The fourth-order valence-corrected chi connectivity index (χ4v) is 2.17. The zero-order chi connectivity index (χ0) is 14.8. The Morgan fingerprint density at radius 3 is 2.53 bits per heavy atom. The first kappa shape index (κ1) is 15.2. The summed E-state index contributed by atoms with van der Waals surface area (Å²) in [5.74, 6) is 4.26. The molecule has 0 radical (unpaired) electrons. The molecule has 0 amide bonds. The Morgan fingerprint density at radius 2 is 2.05 bits per heavy atom. The number of rotatable bonds is 1.